The number of nitrogens with one attached hydrogen (secondary N) is 2. The number of rotatable bonds is 4. The molecule has 0 spiro atoms. The van der Waals surface area contributed by atoms with Crippen LogP contribution in [0.1, 0.15) is 59.9 Å². The molecule has 1 aromatic rings. The maximum Gasteiger partial charge on any atom is 0.413 e. The lowest BCUT2D eigenvalue weighted by Crippen LogP contribution is -2.52. The number of aliphatic hydroxyl groups is 1. The number of fused-ring (bicyclic) bond motifs is 1. The number of aliphatic imine (C=N–C) groups is 1. The van der Waals surface area contributed by atoms with Crippen molar-refractivity contribution in [2.75, 3.05) is 19.7 Å². The molecule has 0 unspecified atom stereocenters. The molecule has 1 saturated heterocycles. The number of carbonyl (C=O) groups is 2. The fourth-order valence-electron chi connectivity index (χ4n) is 4.64. The highest BCUT2D eigenvalue weighted by Gasteiger charge is 2.38. The van der Waals surface area contributed by atoms with E-state index in [0.717, 1.165) is 16.8 Å². The number of carbonyl (C=O) groups excluding carboxylic acids is 2. The van der Waals surface area contributed by atoms with Crippen molar-refractivity contribution in [3.05, 3.63) is 35.7 Å². The number of piperidine rings is 1. The molecule has 0 bridgehead atoms. The van der Waals surface area contributed by atoms with E-state index in [9.17, 15) is 14.7 Å². The van der Waals surface area contributed by atoms with Crippen molar-refractivity contribution in [1.82, 2.24) is 30.4 Å². The average Bonchev–Trinajstić information content (AvgIpc) is 3.42. The van der Waals surface area contributed by atoms with Crippen LogP contribution in [0.25, 0.3) is 5.57 Å². The van der Waals surface area contributed by atoms with Crippen LogP contribution in [0.4, 0.5) is 9.59 Å². The van der Waals surface area contributed by atoms with Gasteiger partial charge in [0, 0.05) is 49.5 Å². The predicted octanol–water partition coefficient (Wildman–Crippen LogP) is 2.74. The molecule has 3 aliphatic rings. The molecule has 1 aromatic heterocycles. The Morgan fingerprint density at radius 2 is 1.87 bits per heavy atom. The summed E-state index contributed by atoms with van der Waals surface area (Å²) in [4.78, 5) is 32.3. The highest BCUT2D eigenvalue weighted by molar-refractivity contribution is 6.00. The van der Waals surface area contributed by atoms with Gasteiger partial charge in [-0.05, 0) is 54.4 Å². The maximum atomic E-state index is 13.0. The van der Waals surface area contributed by atoms with Crippen LogP contribution in [0.5, 0.6) is 0 Å². The number of amides is 2. The van der Waals surface area contributed by atoms with Gasteiger partial charge in [-0.3, -0.25) is 10.00 Å². The minimum Gasteiger partial charge on any atom is -0.444 e. The Kier molecular flexibility index (Phi) is 7.57. The zero-order valence-corrected chi connectivity index (χ0v) is 23.2. The van der Waals surface area contributed by atoms with Crippen LogP contribution in [0.2, 0.25) is 0 Å². The van der Waals surface area contributed by atoms with E-state index in [1.807, 2.05) is 40.1 Å². The second-order valence-electron chi connectivity index (χ2n) is 11.8. The van der Waals surface area contributed by atoms with Gasteiger partial charge in [-0.15, -0.1) is 0 Å². The topological polar surface area (TPSA) is 134 Å². The van der Waals surface area contributed by atoms with Gasteiger partial charge in [-0.25, -0.2) is 25.0 Å². The number of hydrogen-bond donors (Lipinski definition) is 3. The Morgan fingerprint density at radius 1 is 1.16 bits per heavy atom. The van der Waals surface area contributed by atoms with E-state index in [2.05, 4.69) is 15.8 Å². The summed E-state index contributed by atoms with van der Waals surface area (Å²) in [6, 6.07) is -0.330. The number of ether oxygens (including phenoxy) is 2. The zero-order valence-electron chi connectivity index (χ0n) is 23.2. The summed E-state index contributed by atoms with van der Waals surface area (Å²) >= 11 is 0. The molecule has 0 radical (unpaired) electrons. The van der Waals surface area contributed by atoms with E-state index in [1.54, 1.807) is 41.6 Å². The summed E-state index contributed by atoms with van der Waals surface area (Å²) in [5.74, 6) is 0.993. The minimum absolute atomic E-state index is 0.133. The average molecular weight is 530 g/mol. The number of allylic oxidation sites excluding steroid dienone is 1. The summed E-state index contributed by atoms with van der Waals surface area (Å²) in [7, 11) is 1.85. The fourth-order valence-corrected chi connectivity index (χ4v) is 4.64. The third-order valence-corrected chi connectivity index (χ3v) is 6.30. The Bertz CT molecular complexity index is 1170. The molecule has 12 nitrogen and oxygen atoms in total. The first-order valence-corrected chi connectivity index (χ1v) is 12.9. The molecule has 4 rings (SSSR count). The summed E-state index contributed by atoms with van der Waals surface area (Å²) in [6.45, 7) is 11.5. The molecule has 12 heteroatoms. The van der Waals surface area contributed by atoms with Gasteiger partial charge in [0.15, 0.2) is 5.82 Å². The van der Waals surface area contributed by atoms with E-state index in [-0.39, 0.29) is 18.6 Å². The van der Waals surface area contributed by atoms with Gasteiger partial charge in [0.2, 0.25) is 0 Å². The molecular weight excluding hydrogens is 490 g/mol. The standard InChI is InChI=1S/C26H39N7O5/c1-25(2,3)37-23(35)30-21-10-20(29-22-19(12-28-33(21)22)17-11-27-31(7)13-17)16-8-9-18(15-34)32(14-16)24(36)38-26(4,5)6/h10-11,13,16,18,28,34H,8-9,12,14-15H2,1-7H3,(H,30,35)/t16-,18-/m0/s1. The van der Waals surface area contributed by atoms with Crippen LogP contribution in [-0.4, -0.2) is 79.6 Å². The molecule has 38 heavy (non-hydrogen) atoms. The summed E-state index contributed by atoms with van der Waals surface area (Å²) in [5, 5.41) is 18.8. The molecule has 208 valence electrons. The van der Waals surface area contributed by atoms with E-state index in [4.69, 9.17) is 14.5 Å². The van der Waals surface area contributed by atoms with E-state index >= 15 is 0 Å². The number of alkyl carbamates (subject to hydrolysis) is 1. The monoisotopic (exact) mass is 529 g/mol. The molecule has 2 atom stereocenters. The third kappa shape index (κ3) is 6.36. The lowest BCUT2D eigenvalue weighted by Gasteiger charge is -2.40. The van der Waals surface area contributed by atoms with Gasteiger partial charge in [0.05, 0.1) is 24.6 Å². The number of aryl methyl sites for hydroxylation is 1. The molecule has 3 aliphatic heterocycles. The molecule has 0 aromatic carbocycles. The Labute approximate surface area is 223 Å². The van der Waals surface area contributed by atoms with E-state index in [0.29, 0.717) is 37.6 Å². The molecule has 3 N–H and O–H groups in total. The molecule has 0 saturated carbocycles. The zero-order chi connectivity index (χ0) is 27.8. The first-order chi connectivity index (χ1) is 17.7. The highest BCUT2D eigenvalue weighted by atomic mass is 16.6. The Morgan fingerprint density at radius 3 is 2.47 bits per heavy atom. The van der Waals surface area contributed by atoms with Gasteiger partial charge in [-0.2, -0.15) is 5.10 Å². The second kappa shape index (κ2) is 10.4. The molecule has 1 fully saturated rings. The summed E-state index contributed by atoms with van der Waals surface area (Å²) in [6.07, 6.45) is 5.76. The van der Waals surface area contributed by atoms with Crippen molar-refractivity contribution in [1.29, 1.82) is 0 Å². The summed E-state index contributed by atoms with van der Waals surface area (Å²) in [5.41, 5.74) is 4.53. The predicted molar refractivity (Wildman–Crippen MR) is 141 cm³/mol. The first-order valence-electron chi connectivity index (χ1n) is 12.9. The first kappa shape index (κ1) is 27.6. The SMILES string of the molecule is Cn1cc(C2=C3N=C([C@H]4CC[C@@H](CO)N(C(=O)OC(C)(C)C)C4)C=C(NC(=O)OC(C)(C)C)N3NC2)cn1. The number of hydrogen-bond acceptors (Lipinski definition) is 9. The Balaban J connectivity index is 1.68. The second-order valence-corrected chi connectivity index (χ2v) is 11.8. The smallest absolute Gasteiger partial charge is 0.413 e. The fraction of sp³-hybridized carbons (Fsp3) is 0.615. The number of hydrazine groups is 1. The summed E-state index contributed by atoms with van der Waals surface area (Å²) < 4.78 is 12.8. The van der Waals surface area contributed by atoms with Crippen LogP contribution in [0.3, 0.4) is 0 Å². The molecular formula is C26H39N7O5. The number of aliphatic hydroxyl groups excluding tert-OH is 1. The number of likely N-dealkylation sites (tertiary alicyclic amines) is 1. The van der Waals surface area contributed by atoms with Crippen LogP contribution in [0.15, 0.2) is 35.1 Å². The van der Waals surface area contributed by atoms with Crippen molar-refractivity contribution in [3.63, 3.8) is 0 Å². The van der Waals surface area contributed by atoms with Crippen LogP contribution >= 0.6 is 0 Å². The lowest BCUT2D eigenvalue weighted by molar-refractivity contribution is -0.00172. The van der Waals surface area contributed by atoms with E-state index in [1.165, 1.54) is 0 Å². The van der Waals surface area contributed by atoms with Crippen LogP contribution < -0.4 is 10.7 Å². The minimum atomic E-state index is -0.662. The highest BCUT2D eigenvalue weighted by Crippen LogP contribution is 2.34. The van der Waals surface area contributed by atoms with Crippen LogP contribution in [-0.2, 0) is 16.5 Å². The van der Waals surface area contributed by atoms with Gasteiger partial charge < -0.3 is 19.5 Å². The van der Waals surface area contributed by atoms with Crippen molar-refractivity contribution >= 4 is 23.5 Å². The van der Waals surface area contributed by atoms with Crippen molar-refractivity contribution in [2.24, 2.45) is 18.0 Å². The molecule has 2 amide bonds. The molecule has 4 heterocycles. The maximum absolute atomic E-state index is 13.0. The van der Waals surface area contributed by atoms with E-state index < -0.39 is 23.4 Å². The normalized spacial score (nSPS) is 22.1. The van der Waals surface area contributed by atoms with Crippen molar-refractivity contribution < 1.29 is 24.2 Å². The molecule has 0 aliphatic carbocycles. The Hall–Kier alpha value is -3.38. The van der Waals surface area contributed by atoms with Gasteiger partial charge >= 0.3 is 12.2 Å². The quantitative estimate of drug-likeness (QED) is 0.542. The lowest BCUT2D eigenvalue weighted by atomic mass is 9.88. The van der Waals surface area contributed by atoms with Crippen molar-refractivity contribution in [2.45, 2.75) is 71.6 Å². The van der Waals surface area contributed by atoms with Crippen molar-refractivity contribution in [3.8, 4) is 0 Å². The number of aromatic nitrogens is 2. The van der Waals surface area contributed by atoms with Gasteiger partial charge in [0.25, 0.3) is 0 Å². The van der Waals surface area contributed by atoms with Gasteiger partial charge in [-0.1, -0.05) is 0 Å². The largest absolute Gasteiger partial charge is 0.444 e. The van der Waals surface area contributed by atoms with Crippen LogP contribution in [0, 0.1) is 5.92 Å². The number of nitrogens with zero attached hydrogens (tertiary/aromatic N) is 5. The third-order valence-electron chi connectivity index (χ3n) is 6.30. The van der Waals surface area contributed by atoms with Gasteiger partial charge in [0.1, 0.15) is 17.0 Å².